The molecule has 3 nitrogen and oxygen atoms in total. The van der Waals surface area contributed by atoms with Crippen LogP contribution >= 0.6 is 0 Å². The lowest BCUT2D eigenvalue weighted by atomic mass is 9.95. The number of rotatable bonds is 4. The zero-order valence-corrected chi connectivity index (χ0v) is 9.16. The van der Waals surface area contributed by atoms with Crippen LogP contribution in [-0.2, 0) is 17.7 Å². The van der Waals surface area contributed by atoms with Crippen LogP contribution in [0.2, 0.25) is 0 Å². The van der Waals surface area contributed by atoms with E-state index in [4.69, 9.17) is 4.74 Å². The number of ketones is 1. The Kier molecular flexibility index (Phi) is 3.21. The monoisotopic (exact) mass is 207 g/mol. The molecule has 0 saturated carbocycles. The van der Waals surface area contributed by atoms with Crippen molar-refractivity contribution in [2.24, 2.45) is 0 Å². The van der Waals surface area contributed by atoms with E-state index in [1.165, 1.54) is 5.56 Å². The fourth-order valence-electron chi connectivity index (χ4n) is 2.10. The standard InChI is InChI=1S/C12H17NO2/c1-15-7-3-6-13-8-10-4-2-5-12(14)11(10)9-13/h8-9H,2-7H2,1H3. The van der Waals surface area contributed by atoms with E-state index in [1.807, 2.05) is 6.20 Å². The summed E-state index contributed by atoms with van der Waals surface area (Å²) in [7, 11) is 1.71. The van der Waals surface area contributed by atoms with Gasteiger partial charge >= 0.3 is 0 Å². The number of fused-ring (bicyclic) bond motifs is 1. The number of aromatic nitrogens is 1. The van der Waals surface area contributed by atoms with Crippen molar-refractivity contribution in [3.63, 3.8) is 0 Å². The van der Waals surface area contributed by atoms with Gasteiger partial charge in [0.25, 0.3) is 0 Å². The first-order chi connectivity index (χ1) is 7.31. The van der Waals surface area contributed by atoms with E-state index in [1.54, 1.807) is 7.11 Å². The van der Waals surface area contributed by atoms with Gasteiger partial charge in [0.05, 0.1) is 0 Å². The highest BCUT2D eigenvalue weighted by Gasteiger charge is 2.18. The Balaban J connectivity index is 2.05. The molecule has 3 heteroatoms. The van der Waals surface area contributed by atoms with Crippen molar-refractivity contribution in [2.45, 2.75) is 32.2 Å². The predicted molar refractivity (Wildman–Crippen MR) is 58.2 cm³/mol. The van der Waals surface area contributed by atoms with E-state index >= 15 is 0 Å². The third-order valence-corrected chi connectivity index (χ3v) is 2.88. The maximum absolute atomic E-state index is 11.6. The molecule has 0 N–H and O–H groups in total. The highest BCUT2D eigenvalue weighted by molar-refractivity contribution is 5.98. The van der Waals surface area contributed by atoms with E-state index in [2.05, 4.69) is 10.8 Å². The molecular weight excluding hydrogens is 190 g/mol. The van der Waals surface area contributed by atoms with Crippen molar-refractivity contribution in [2.75, 3.05) is 13.7 Å². The normalized spacial score (nSPS) is 15.4. The van der Waals surface area contributed by atoms with Gasteiger partial charge in [0.1, 0.15) is 0 Å². The molecule has 0 aromatic carbocycles. The third kappa shape index (κ3) is 2.29. The molecule has 0 fully saturated rings. The van der Waals surface area contributed by atoms with Crippen molar-refractivity contribution >= 4 is 5.78 Å². The number of aryl methyl sites for hydroxylation is 2. The predicted octanol–water partition coefficient (Wildman–Crippen LogP) is 2.04. The van der Waals surface area contributed by atoms with Gasteiger partial charge < -0.3 is 9.30 Å². The zero-order chi connectivity index (χ0) is 10.7. The van der Waals surface area contributed by atoms with Crippen LogP contribution in [0.15, 0.2) is 12.4 Å². The van der Waals surface area contributed by atoms with Crippen molar-refractivity contribution < 1.29 is 9.53 Å². The number of nitrogens with zero attached hydrogens (tertiary/aromatic N) is 1. The van der Waals surface area contributed by atoms with Crippen LogP contribution in [0.1, 0.15) is 35.2 Å². The van der Waals surface area contributed by atoms with E-state index in [-0.39, 0.29) is 0 Å². The second-order valence-corrected chi connectivity index (χ2v) is 4.06. The van der Waals surface area contributed by atoms with Crippen molar-refractivity contribution in [3.05, 3.63) is 23.5 Å². The number of carbonyl (C=O) groups excluding carboxylic acids is 1. The summed E-state index contributed by atoms with van der Waals surface area (Å²) in [4.78, 5) is 11.6. The third-order valence-electron chi connectivity index (χ3n) is 2.88. The molecule has 0 spiro atoms. The summed E-state index contributed by atoms with van der Waals surface area (Å²) in [6, 6.07) is 0. The molecule has 2 rings (SSSR count). The molecular formula is C12H17NO2. The Morgan fingerprint density at radius 3 is 3.00 bits per heavy atom. The Hall–Kier alpha value is -1.09. The quantitative estimate of drug-likeness (QED) is 0.707. The maximum Gasteiger partial charge on any atom is 0.164 e. The van der Waals surface area contributed by atoms with Crippen LogP contribution in [0.25, 0.3) is 0 Å². The molecule has 1 aliphatic rings. The lowest BCUT2D eigenvalue weighted by Gasteiger charge is -2.07. The lowest BCUT2D eigenvalue weighted by Crippen LogP contribution is -2.07. The van der Waals surface area contributed by atoms with Gasteiger partial charge in [0.2, 0.25) is 0 Å². The van der Waals surface area contributed by atoms with Gasteiger partial charge in [-0.1, -0.05) is 0 Å². The van der Waals surface area contributed by atoms with E-state index in [0.717, 1.165) is 44.4 Å². The molecule has 1 aromatic heterocycles. The molecule has 0 saturated heterocycles. The molecule has 1 aromatic rings. The average Bonchev–Trinajstić information content (AvgIpc) is 2.63. The molecule has 1 heterocycles. The number of Topliss-reactive ketones (excluding diaryl/α,β-unsaturated/α-hetero) is 1. The molecule has 0 bridgehead atoms. The van der Waals surface area contributed by atoms with E-state index in [9.17, 15) is 4.79 Å². The average molecular weight is 207 g/mol. The van der Waals surface area contributed by atoms with Crippen LogP contribution in [0.5, 0.6) is 0 Å². The summed E-state index contributed by atoms with van der Waals surface area (Å²) < 4.78 is 7.12. The van der Waals surface area contributed by atoms with Crippen molar-refractivity contribution in [1.82, 2.24) is 4.57 Å². The Morgan fingerprint density at radius 1 is 1.40 bits per heavy atom. The summed E-state index contributed by atoms with van der Waals surface area (Å²) >= 11 is 0. The number of methoxy groups -OCH3 is 1. The summed E-state index contributed by atoms with van der Waals surface area (Å²) in [5.74, 6) is 0.307. The summed E-state index contributed by atoms with van der Waals surface area (Å²) in [6.45, 7) is 1.71. The molecule has 82 valence electrons. The van der Waals surface area contributed by atoms with Gasteiger partial charge in [-0.25, -0.2) is 0 Å². The highest BCUT2D eigenvalue weighted by Crippen LogP contribution is 2.22. The first-order valence-electron chi connectivity index (χ1n) is 5.52. The topological polar surface area (TPSA) is 31.2 Å². The van der Waals surface area contributed by atoms with E-state index < -0.39 is 0 Å². The second-order valence-electron chi connectivity index (χ2n) is 4.06. The molecule has 0 unspecified atom stereocenters. The van der Waals surface area contributed by atoms with Gasteiger partial charge in [0.15, 0.2) is 5.78 Å². The molecule has 1 aliphatic carbocycles. The molecule has 0 aliphatic heterocycles. The van der Waals surface area contributed by atoms with Crippen LogP contribution in [0, 0.1) is 0 Å². The first-order valence-corrected chi connectivity index (χ1v) is 5.52. The summed E-state index contributed by atoms with van der Waals surface area (Å²) in [6.07, 6.45) is 7.88. The smallest absolute Gasteiger partial charge is 0.164 e. The van der Waals surface area contributed by atoms with Gasteiger partial charge in [-0.2, -0.15) is 0 Å². The van der Waals surface area contributed by atoms with E-state index in [0.29, 0.717) is 5.78 Å². The highest BCUT2D eigenvalue weighted by atomic mass is 16.5. The Bertz CT molecular complexity index is 355. The van der Waals surface area contributed by atoms with Crippen LogP contribution in [-0.4, -0.2) is 24.1 Å². The number of hydrogen-bond donors (Lipinski definition) is 0. The van der Waals surface area contributed by atoms with Gasteiger partial charge in [-0.3, -0.25) is 4.79 Å². The van der Waals surface area contributed by atoms with Gasteiger partial charge in [-0.15, -0.1) is 0 Å². The van der Waals surface area contributed by atoms with Crippen LogP contribution < -0.4 is 0 Å². The van der Waals surface area contributed by atoms with Gasteiger partial charge in [-0.05, 0) is 24.8 Å². The SMILES string of the molecule is COCCCn1cc2c(c1)C(=O)CCC2. The molecule has 0 atom stereocenters. The molecule has 15 heavy (non-hydrogen) atoms. The minimum absolute atomic E-state index is 0.307. The fourth-order valence-corrected chi connectivity index (χ4v) is 2.10. The second kappa shape index (κ2) is 4.62. The van der Waals surface area contributed by atoms with Crippen molar-refractivity contribution in [3.8, 4) is 0 Å². The molecule has 0 amide bonds. The maximum atomic E-state index is 11.6. The first kappa shape index (κ1) is 10.4. The number of ether oxygens (including phenoxy) is 1. The molecule has 0 radical (unpaired) electrons. The number of hydrogen-bond acceptors (Lipinski definition) is 2. The summed E-state index contributed by atoms with van der Waals surface area (Å²) in [5.41, 5.74) is 2.17. The fraction of sp³-hybridized carbons (Fsp3) is 0.583. The minimum atomic E-state index is 0.307. The summed E-state index contributed by atoms with van der Waals surface area (Å²) in [5, 5.41) is 0. The Labute approximate surface area is 90.0 Å². The largest absolute Gasteiger partial charge is 0.385 e. The van der Waals surface area contributed by atoms with Crippen LogP contribution in [0.3, 0.4) is 0 Å². The van der Waals surface area contributed by atoms with Crippen LogP contribution in [0.4, 0.5) is 0 Å². The zero-order valence-electron chi connectivity index (χ0n) is 9.16. The lowest BCUT2D eigenvalue weighted by molar-refractivity contribution is 0.0973. The van der Waals surface area contributed by atoms with Crippen molar-refractivity contribution in [1.29, 1.82) is 0 Å². The Morgan fingerprint density at radius 2 is 2.27 bits per heavy atom. The number of carbonyl (C=O) groups is 1. The van der Waals surface area contributed by atoms with Gasteiger partial charge in [0, 0.05) is 44.6 Å². The minimum Gasteiger partial charge on any atom is -0.385 e.